The number of rotatable bonds is 5. The molecule has 0 aliphatic heterocycles. The molecule has 0 saturated heterocycles. The third-order valence-electron chi connectivity index (χ3n) is 5.75. The number of sulfonamides is 1. The topological polar surface area (TPSA) is 81.3 Å². The van der Waals surface area contributed by atoms with Gasteiger partial charge in [0.1, 0.15) is 4.90 Å². The van der Waals surface area contributed by atoms with E-state index >= 15 is 0 Å². The molecule has 3 atom stereocenters. The SMILES string of the molecule is CCn1c(=O)oc2cc(S(=O)(=O)NC[C@@H]3C[C@H]4CC[C@H]3C4)c(Cl)cc21. The van der Waals surface area contributed by atoms with Crippen LogP contribution in [0.2, 0.25) is 5.02 Å². The van der Waals surface area contributed by atoms with Gasteiger partial charge in [0.2, 0.25) is 10.0 Å². The molecule has 2 fully saturated rings. The maximum atomic E-state index is 12.7. The van der Waals surface area contributed by atoms with Gasteiger partial charge in [0.05, 0.1) is 10.5 Å². The molecule has 1 aromatic heterocycles. The zero-order valence-corrected chi connectivity index (χ0v) is 15.6. The molecule has 4 rings (SSSR count). The molecule has 2 bridgehead atoms. The van der Waals surface area contributed by atoms with E-state index in [0.717, 1.165) is 12.3 Å². The highest BCUT2D eigenvalue weighted by Gasteiger charge is 2.39. The van der Waals surface area contributed by atoms with Gasteiger partial charge < -0.3 is 4.42 Å². The van der Waals surface area contributed by atoms with E-state index in [0.29, 0.717) is 30.4 Å². The van der Waals surface area contributed by atoms with E-state index in [4.69, 9.17) is 16.0 Å². The number of benzene rings is 1. The highest BCUT2D eigenvalue weighted by Crippen LogP contribution is 2.48. The van der Waals surface area contributed by atoms with Gasteiger partial charge in [-0.2, -0.15) is 0 Å². The summed E-state index contributed by atoms with van der Waals surface area (Å²) in [5.74, 6) is 1.30. The van der Waals surface area contributed by atoms with Gasteiger partial charge >= 0.3 is 5.76 Å². The monoisotopic (exact) mass is 384 g/mol. The number of nitrogens with one attached hydrogen (secondary N) is 1. The molecule has 2 saturated carbocycles. The first-order valence-electron chi connectivity index (χ1n) is 8.71. The number of aryl methyl sites for hydroxylation is 1. The normalized spacial score (nSPS) is 25.9. The molecule has 1 aromatic carbocycles. The summed E-state index contributed by atoms with van der Waals surface area (Å²) >= 11 is 6.21. The lowest BCUT2D eigenvalue weighted by Crippen LogP contribution is -2.31. The van der Waals surface area contributed by atoms with E-state index in [2.05, 4.69) is 4.72 Å². The predicted octanol–water partition coefficient (Wildman–Crippen LogP) is 2.98. The van der Waals surface area contributed by atoms with Crippen molar-refractivity contribution < 1.29 is 12.8 Å². The quantitative estimate of drug-likeness (QED) is 0.859. The third kappa shape index (κ3) is 2.92. The first-order valence-corrected chi connectivity index (χ1v) is 10.6. The van der Waals surface area contributed by atoms with Gasteiger partial charge in [-0.25, -0.2) is 17.9 Å². The fourth-order valence-corrected chi connectivity index (χ4v) is 6.12. The van der Waals surface area contributed by atoms with Gasteiger partial charge in [-0.1, -0.05) is 18.0 Å². The van der Waals surface area contributed by atoms with Crippen LogP contribution in [0.25, 0.3) is 11.1 Å². The van der Waals surface area contributed by atoms with Crippen molar-refractivity contribution in [3.8, 4) is 0 Å². The number of fused-ring (bicyclic) bond motifs is 3. The van der Waals surface area contributed by atoms with Crippen LogP contribution >= 0.6 is 11.6 Å². The molecule has 8 heteroatoms. The van der Waals surface area contributed by atoms with Gasteiger partial charge in [-0.15, -0.1) is 0 Å². The van der Waals surface area contributed by atoms with Crippen LogP contribution in [0, 0.1) is 17.8 Å². The Morgan fingerprint density at radius 1 is 1.32 bits per heavy atom. The van der Waals surface area contributed by atoms with Gasteiger partial charge in [-0.3, -0.25) is 4.57 Å². The summed E-state index contributed by atoms with van der Waals surface area (Å²) in [6, 6.07) is 2.83. The minimum atomic E-state index is -3.75. The molecule has 2 aliphatic rings. The van der Waals surface area contributed by atoms with E-state index in [9.17, 15) is 13.2 Å². The van der Waals surface area contributed by atoms with Crippen molar-refractivity contribution in [1.29, 1.82) is 0 Å². The minimum Gasteiger partial charge on any atom is -0.408 e. The Balaban J connectivity index is 1.61. The molecule has 1 N–H and O–H groups in total. The second-order valence-electron chi connectivity index (χ2n) is 7.15. The molecule has 6 nitrogen and oxygen atoms in total. The molecule has 25 heavy (non-hydrogen) atoms. The van der Waals surface area contributed by atoms with Crippen LogP contribution in [0.5, 0.6) is 0 Å². The summed E-state index contributed by atoms with van der Waals surface area (Å²) in [6.45, 7) is 2.68. The van der Waals surface area contributed by atoms with E-state index in [1.165, 1.54) is 36.0 Å². The zero-order chi connectivity index (χ0) is 17.8. The molecule has 136 valence electrons. The smallest absolute Gasteiger partial charge is 0.408 e. The summed E-state index contributed by atoms with van der Waals surface area (Å²) in [6.07, 6.45) is 4.83. The van der Waals surface area contributed by atoms with Crippen molar-refractivity contribution in [2.24, 2.45) is 17.8 Å². The van der Waals surface area contributed by atoms with Gasteiger partial charge in [-0.05, 0) is 50.0 Å². The van der Waals surface area contributed by atoms with Crippen molar-refractivity contribution in [2.75, 3.05) is 6.54 Å². The average molecular weight is 385 g/mol. The molecule has 1 heterocycles. The van der Waals surface area contributed by atoms with Crippen molar-refractivity contribution in [1.82, 2.24) is 9.29 Å². The second-order valence-corrected chi connectivity index (χ2v) is 9.29. The van der Waals surface area contributed by atoms with Crippen LogP contribution in [0.4, 0.5) is 0 Å². The van der Waals surface area contributed by atoms with Crippen molar-refractivity contribution in [2.45, 2.75) is 44.0 Å². The first kappa shape index (κ1) is 17.1. The Kier molecular flexibility index (Phi) is 4.21. The van der Waals surface area contributed by atoms with Gasteiger partial charge in [0, 0.05) is 19.2 Å². The first-order chi connectivity index (χ1) is 11.9. The maximum absolute atomic E-state index is 12.7. The van der Waals surface area contributed by atoms with Crippen LogP contribution in [-0.4, -0.2) is 19.5 Å². The Morgan fingerprint density at radius 3 is 2.76 bits per heavy atom. The lowest BCUT2D eigenvalue weighted by atomic mass is 9.89. The molecule has 0 radical (unpaired) electrons. The summed E-state index contributed by atoms with van der Waals surface area (Å²) in [5, 5.41) is 0.0935. The fraction of sp³-hybridized carbons (Fsp3) is 0.588. The second kappa shape index (κ2) is 6.14. The third-order valence-corrected chi connectivity index (χ3v) is 7.64. The van der Waals surface area contributed by atoms with E-state index in [-0.39, 0.29) is 15.5 Å². The van der Waals surface area contributed by atoms with Gasteiger partial charge in [0.25, 0.3) is 0 Å². The summed E-state index contributed by atoms with van der Waals surface area (Å²) in [7, 11) is -3.75. The molecule has 2 aliphatic carbocycles. The minimum absolute atomic E-state index is 0.0400. The molecule has 0 spiro atoms. The number of halogens is 1. The number of oxazole rings is 1. The van der Waals surface area contributed by atoms with Crippen LogP contribution in [0.1, 0.15) is 32.6 Å². The Bertz CT molecular complexity index is 978. The van der Waals surface area contributed by atoms with Crippen LogP contribution in [0.3, 0.4) is 0 Å². The average Bonchev–Trinajstić information content (AvgIpc) is 3.25. The van der Waals surface area contributed by atoms with E-state index in [1.54, 1.807) is 0 Å². The maximum Gasteiger partial charge on any atom is 0.419 e. The Labute approximate surface area is 151 Å². The number of hydrogen-bond acceptors (Lipinski definition) is 4. The zero-order valence-electron chi connectivity index (χ0n) is 14.0. The summed E-state index contributed by atoms with van der Waals surface area (Å²) in [5.41, 5.74) is 0.737. The number of nitrogens with zero attached hydrogens (tertiary/aromatic N) is 1. The number of hydrogen-bond donors (Lipinski definition) is 1. The molecular formula is C17H21ClN2O4S. The lowest BCUT2D eigenvalue weighted by Gasteiger charge is -2.21. The van der Waals surface area contributed by atoms with Gasteiger partial charge in [0.15, 0.2) is 5.58 Å². The number of aromatic nitrogens is 1. The standard InChI is InChI=1S/C17H21ClN2O4S/c1-2-20-14-7-13(18)16(8-15(14)24-17(20)21)25(22,23)19-9-12-6-10-3-4-11(12)5-10/h7-8,10-12,19H,2-6,9H2,1H3/t10-,11-,12-/m0/s1. The largest absolute Gasteiger partial charge is 0.419 e. The highest BCUT2D eigenvalue weighted by atomic mass is 35.5. The van der Waals surface area contributed by atoms with E-state index < -0.39 is 15.8 Å². The fourth-order valence-electron chi connectivity index (χ4n) is 4.49. The van der Waals surface area contributed by atoms with Crippen molar-refractivity contribution in [3.63, 3.8) is 0 Å². The molecule has 0 unspecified atom stereocenters. The van der Waals surface area contributed by atoms with Crippen LogP contribution < -0.4 is 10.5 Å². The molecule has 2 aromatic rings. The predicted molar refractivity (Wildman–Crippen MR) is 95.3 cm³/mol. The highest BCUT2D eigenvalue weighted by molar-refractivity contribution is 7.89. The summed E-state index contributed by atoms with van der Waals surface area (Å²) < 4.78 is 34.7. The lowest BCUT2D eigenvalue weighted by molar-refractivity contribution is 0.333. The molecule has 0 amide bonds. The molecular weight excluding hydrogens is 364 g/mol. The van der Waals surface area contributed by atoms with Crippen molar-refractivity contribution in [3.05, 3.63) is 27.7 Å². The van der Waals surface area contributed by atoms with Crippen LogP contribution in [0.15, 0.2) is 26.2 Å². The Hall–Kier alpha value is -1.31. The Morgan fingerprint density at radius 2 is 2.12 bits per heavy atom. The summed E-state index contributed by atoms with van der Waals surface area (Å²) in [4.78, 5) is 11.8. The van der Waals surface area contributed by atoms with Crippen molar-refractivity contribution >= 4 is 32.7 Å². The van der Waals surface area contributed by atoms with E-state index in [1.807, 2.05) is 6.92 Å². The van der Waals surface area contributed by atoms with Crippen LogP contribution in [-0.2, 0) is 16.6 Å².